The molecule has 0 aromatic rings. The first kappa shape index (κ1) is 13.8. The Labute approximate surface area is 110 Å². The highest BCUT2D eigenvalue weighted by Gasteiger charge is 2.36. The molecule has 5 unspecified atom stereocenters. The lowest BCUT2D eigenvalue weighted by atomic mass is 9.76. The SMILES string of the molecule is COC1CCCC1NC(=O)C1C(C)CCCC1N. The van der Waals surface area contributed by atoms with Crippen molar-refractivity contribution in [2.75, 3.05) is 7.11 Å². The Bertz CT molecular complexity index is 286. The lowest BCUT2D eigenvalue weighted by molar-refractivity contribution is -0.129. The minimum Gasteiger partial charge on any atom is -0.379 e. The number of carbonyl (C=O) groups is 1. The van der Waals surface area contributed by atoms with Gasteiger partial charge in [0.15, 0.2) is 0 Å². The van der Waals surface area contributed by atoms with E-state index in [1.807, 2.05) is 0 Å². The van der Waals surface area contributed by atoms with Gasteiger partial charge in [-0.25, -0.2) is 0 Å². The van der Waals surface area contributed by atoms with Crippen LogP contribution in [0.5, 0.6) is 0 Å². The summed E-state index contributed by atoms with van der Waals surface area (Å²) in [5, 5.41) is 3.17. The van der Waals surface area contributed by atoms with Gasteiger partial charge >= 0.3 is 0 Å². The molecule has 0 spiro atoms. The number of ether oxygens (including phenoxy) is 1. The maximum absolute atomic E-state index is 12.4. The summed E-state index contributed by atoms with van der Waals surface area (Å²) in [4.78, 5) is 12.4. The van der Waals surface area contributed by atoms with Crippen molar-refractivity contribution in [3.05, 3.63) is 0 Å². The zero-order chi connectivity index (χ0) is 13.1. The van der Waals surface area contributed by atoms with E-state index in [9.17, 15) is 4.79 Å². The van der Waals surface area contributed by atoms with Gasteiger partial charge in [0.25, 0.3) is 0 Å². The maximum atomic E-state index is 12.4. The molecule has 4 nitrogen and oxygen atoms in total. The Hall–Kier alpha value is -0.610. The van der Waals surface area contributed by atoms with Crippen molar-refractivity contribution in [1.29, 1.82) is 0 Å². The standard InChI is InChI=1S/C14H26N2O2/c1-9-5-3-6-10(15)13(9)14(17)16-11-7-4-8-12(11)18-2/h9-13H,3-8,15H2,1-2H3,(H,16,17). The minimum absolute atomic E-state index is 0.0168. The second kappa shape index (κ2) is 6.02. The Morgan fingerprint density at radius 3 is 2.61 bits per heavy atom. The molecular formula is C14H26N2O2. The molecule has 0 bridgehead atoms. The predicted octanol–water partition coefficient (Wildman–Crippen LogP) is 1.43. The monoisotopic (exact) mass is 254 g/mol. The van der Waals surface area contributed by atoms with Gasteiger partial charge in [-0.1, -0.05) is 13.3 Å². The van der Waals surface area contributed by atoms with Crippen molar-refractivity contribution in [1.82, 2.24) is 5.32 Å². The summed E-state index contributed by atoms with van der Waals surface area (Å²) in [5.41, 5.74) is 6.12. The van der Waals surface area contributed by atoms with Crippen molar-refractivity contribution in [2.24, 2.45) is 17.6 Å². The van der Waals surface area contributed by atoms with Gasteiger partial charge in [0, 0.05) is 13.2 Å². The Balaban J connectivity index is 1.94. The van der Waals surface area contributed by atoms with Crippen LogP contribution in [0.15, 0.2) is 0 Å². The predicted molar refractivity (Wildman–Crippen MR) is 71.1 cm³/mol. The normalized spacial score (nSPS) is 40.7. The first-order valence-corrected chi connectivity index (χ1v) is 7.22. The van der Waals surface area contributed by atoms with E-state index in [1.54, 1.807) is 7.11 Å². The number of rotatable bonds is 3. The molecule has 5 atom stereocenters. The fourth-order valence-electron chi connectivity index (χ4n) is 3.56. The van der Waals surface area contributed by atoms with Crippen LogP contribution < -0.4 is 11.1 Å². The smallest absolute Gasteiger partial charge is 0.225 e. The zero-order valence-electron chi connectivity index (χ0n) is 11.5. The highest BCUT2D eigenvalue weighted by Crippen LogP contribution is 2.30. The van der Waals surface area contributed by atoms with Crippen LogP contribution in [0.1, 0.15) is 45.4 Å². The Morgan fingerprint density at radius 1 is 1.22 bits per heavy atom. The lowest BCUT2D eigenvalue weighted by Crippen LogP contribution is -2.51. The molecule has 0 aliphatic heterocycles. The first-order valence-electron chi connectivity index (χ1n) is 7.22. The third kappa shape index (κ3) is 2.86. The van der Waals surface area contributed by atoms with Crippen molar-refractivity contribution >= 4 is 5.91 Å². The van der Waals surface area contributed by atoms with Gasteiger partial charge in [0.05, 0.1) is 18.1 Å². The molecule has 0 radical (unpaired) electrons. The topological polar surface area (TPSA) is 64.3 Å². The van der Waals surface area contributed by atoms with Crippen molar-refractivity contribution < 1.29 is 9.53 Å². The fraction of sp³-hybridized carbons (Fsp3) is 0.929. The molecule has 2 aliphatic rings. The molecule has 1 amide bonds. The molecule has 18 heavy (non-hydrogen) atoms. The van der Waals surface area contributed by atoms with Gasteiger partial charge < -0.3 is 15.8 Å². The second-order valence-corrected chi connectivity index (χ2v) is 5.92. The number of nitrogens with one attached hydrogen (secondary N) is 1. The fourth-order valence-corrected chi connectivity index (χ4v) is 3.56. The van der Waals surface area contributed by atoms with Crippen molar-refractivity contribution in [3.8, 4) is 0 Å². The molecule has 104 valence electrons. The number of amides is 1. The summed E-state index contributed by atoms with van der Waals surface area (Å²) in [6.45, 7) is 2.14. The van der Waals surface area contributed by atoms with Gasteiger partial charge in [-0.15, -0.1) is 0 Å². The zero-order valence-corrected chi connectivity index (χ0v) is 11.5. The molecule has 0 saturated heterocycles. The summed E-state index contributed by atoms with van der Waals surface area (Å²) in [5.74, 6) is 0.525. The summed E-state index contributed by atoms with van der Waals surface area (Å²) < 4.78 is 5.42. The molecule has 2 rings (SSSR count). The van der Waals surface area contributed by atoms with E-state index >= 15 is 0 Å². The average molecular weight is 254 g/mol. The van der Waals surface area contributed by atoms with Crippen LogP contribution in [0.4, 0.5) is 0 Å². The summed E-state index contributed by atoms with van der Waals surface area (Å²) in [6.07, 6.45) is 6.63. The van der Waals surface area contributed by atoms with Crippen LogP contribution in [0.3, 0.4) is 0 Å². The van der Waals surface area contributed by atoms with E-state index in [2.05, 4.69) is 12.2 Å². The number of nitrogens with two attached hydrogens (primary N) is 1. The third-order valence-electron chi connectivity index (χ3n) is 4.66. The van der Waals surface area contributed by atoms with E-state index in [0.717, 1.165) is 38.5 Å². The number of methoxy groups -OCH3 is 1. The highest BCUT2D eigenvalue weighted by atomic mass is 16.5. The lowest BCUT2D eigenvalue weighted by Gasteiger charge is -2.34. The quantitative estimate of drug-likeness (QED) is 0.801. The van der Waals surface area contributed by atoms with E-state index in [4.69, 9.17) is 10.5 Å². The van der Waals surface area contributed by atoms with Gasteiger partial charge in [0.2, 0.25) is 5.91 Å². The minimum atomic E-state index is -0.0168. The van der Waals surface area contributed by atoms with Gasteiger partial charge in [0.1, 0.15) is 0 Å². The Morgan fingerprint density at radius 2 is 1.94 bits per heavy atom. The first-order chi connectivity index (χ1) is 8.63. The molecular weight excluding hydrogens is 228 g/mol. The van der Waals surface area contributed by atoms with E-state index in [-0.39, 0.29) is 30.0 Å². The molecule has 2 saturated carbocycles. The van der Waals surface area contributed by atoms with Crippen LogP contribution in [0, 0.1) is 11.8 Å². The number of hydrogen-bond donors (Lipinski definition) is 2. The van der Waals surface area contributed by atoms with Gasteiger partial charge in [-0.3, -0.25) is 4.79 Å². The molecule has 4 heteroatoms. The summed E-state index contributed by atoms with van der Waals surface area (Å²) in [7, 11) is 1.73. The van der Waals surface area contributed by atoms with Crippen LogP contribution in [-0.2, 0) is 9.53 Å². The van der Waals surface area contributed by atoms with Crippen LogP contribution in [0.2, 0.25) is 0 Å². The van der Waals surface area contributed by atoms with Gasteiger partial charge in [-0.05, 0) is 38.0 Å². The van der Waals surface area contributed by atoms with Crippen LogP contribution in [0.25, 0.3) is 0 Å². The molecule has 0 aromatic carbocycles. The van der Waals surface area contributed by atoms with Crippen molar-refractivity contribution in [3.63, 3.8) is 0 Å². The number of hydrogen-bond acceptors (Lipinski definition) is 3. The molecule has 2 fully saturated rings. The largest absolute Gasteiger partial charge is 0.379 e. The van der Waals surface area contributed by atoms with E-state index in [0.29, 0.717) is 5.92 Å². The van der Waals surface area contributed by atoms with Crippen LogP contribution in [-0.4, -0.2) is 31.2 Å². The molecule has 0 heterocycles. The average Bonchev–Trinajstić information content (AvgIpc) is 2.76. The maximum Gasteiger partial charge on any atom is 0.225 e. The number of carbonyl (C=O) groups excluding carboxylic acids is 1. The molecule has 0 aromatic heterocycles. The van der Waals surface area contributed by atoms with Gasteiger partial charge in [-0.2, -0.15) is 0 Å². The third-order valence-corrected chi connectivity index (χ3v) is 4.66. The summed E-state index contributed by atoms with van der Waals surface area (Å²) in [6, 6.07) is 0.208. The highest BCUT2D eigenvalue weighted by molar-refractivity contribution is 5.80. The van der Waals surface area contributed by atoms with E-state index in [1.165, 1.54) is 0 Å². The van der Waals surface area contributed by atoms with Crippen LogP contribution >= 0.6 is 0 Å². The summed E-state index contributed by atoms with van der Waals surface area (Å²) >= 11 is 0. The Kier molecular flexibility index (Phi) is 4.62. The van der Waals surface area contributed by atoms with E-state index < -0.39 is 0 Å². The molecule has 2 aliphatic carbocycles. The second-order valence-electron chi connectivity index (χ2n) is 5.92. The molecule has 3 N–H and O–H groups in total. The van der Waals surface area contributed by atoms with Crippen molar-refractivity contribution in [2.45, 2.75) is 63.6 Å².